The molecule has 0 bridgehead atoms. The summed E-state index contributed by atoms with van der Waals surface area (Å²) in [7, 11) is 0. The van der Waals surface area contributed by atoms with Crippen molar-refractivity contribution in [1.29, 1.82) is 0 Å². The lowest BCUT2D eigenvalue weighted by Gasteiger charge is -2.13. The smallest absolute Gasteiger partial charge is 0.306 e. The Balaban J connectivity index is 1.98. The van der Waals surface area contributed by atoms with Crippen LogP contribution in [-0.4, -0.2) is 11.1 Å². The second-order valence-corrected chi connectivity index (χ2v) is 8.61. The Hall–Kier alpha value is -1.31. The number of aliphatic carboxylic acids is 1. The highest BCUT2D eigenvalue weighted by atomic mass is 16.4. The molecule has 28 heavy (non-hydrogen) atoms. The molecule has 1 aromatic rings. The van der Waals surface area contributed by atoms with Gasteiger partial charge in [-0.2, -0.15) is 0 Å². The lowest BCUT2D eigenvalue weighted by molar-refractivity contribution is -0.142. The van der Waals surface area contributed by atoms with Gasteiger partial charge >= 0.3 is 5.97 Å². The number of carboxylic acids is 1. The van der Waals surface area contributed by atoms with Crippen LogP contribution in [0.25, 0.3) is 0 Å². The molecule has 0 saturated heterocycles. The van der Waals surface area contributed by atoms with Gasteiger partial charge in [0.1, 0.15) is 0 Å². The molecule has 0 fully saturated rings. The summed E-state index contributed by atoms with van der Waals surface area (Å²) < 4.78 is 0. The van der Waals surface area contributed by atoms with Crippen LogP contribution in [0.5, 0.6) is 0 Å². The molecule has 1 rings (SSSR count). The van der Waals surface area contributed by atoms with Gasteiger partial charge in [0.25, 0.3) is 0 Å². The van der Waals surface area contributed by atoms with Gasteiger partial charge in [0.15, 0.2) is 0 Å². The van der Waals surface area contributed by atoms with Crippen molar-refractivity contribution < 1.29 is 9.90 Å². The van der Waals surface area contributed by atoms with Crippen LogP contribution in [0.4, 0.5) is 0 Å². The quantitative estimate of drug-likeness (QED) is 0.258. The first-order valence-electron chi connectivity index (χ1n) is 11.9. The molecule has 0 spiro atoms. The van der Waals surface area contributed by atoms with E-state index in [9.17, 15) is 9.90 Å². The van der Waals surface area contributed by atoms with Gasteiger partial charge in [-0.15, -0.1) is 0 Å². The minimum atomic E-state index is -0.642. The van der Waals surface area contributed by atoms with Crippen LogP contribution < -0.4 is 0 Å². The molecule has 0 saturated carbocycles. The molecular formula is C26H44O2. The van der Waals surface area contributed by atoms with Crippen LogP contribution in [0, 0.1) is 12.8 Å². The van der Waals surface area contributed by atoms with Crippen molar-refractivity contribution >= 4 is 5.97 Å². The summed E-state index contributed by atoms with van der Waals surface area (Å²) in [5.41, 5.74) is 2.36. The van der Waals surface area contributed by atoms with E-state index in [2.05, 4.69) is 26.0 Å². The largest absolute Gasteiger partial charge is 0.481 e. The molecule has 1 unspecified atom stereocenters. The van der Waals surface area contributed by atoms with Crippen LogP contribution in [-0.2, 0) is 11.2 Å². The molecule has 0 radical (unpaired) electrons. The molecule has 0 heterocycles. The van der Waals surface area contributed by atoms with Crippen molar-refractivity contribution in [3.63, 3.8) is 0 Å². The maximum atomic E-state index is 11.6. The number of benzene rings is 1. The number of aryl methyl sites for hydroxylation is 1. The Labute approximate surface area is 174 Å². The summed E-state index contributed by atoms with van der Waals surface area (Å²) in [4.78, 5) is 11.6. The molecule has 2 heteroatoms. The number of carbonyl (C=O) groups is 1. The monoisotopic (exact) mass is 388 g/mol. The Bertz CT molecular complexity index is 509. The summed E-state index contributed by atoms with van der Waals surface area (Å²) in [5.74, 6) is -0.879. The molecule has 0 amide bonds. The van der Waals surface area contributed by atoms with Gasteiger partial charge in [0, 0.05) is 0 Å². The van der Waals surface area contributed by atoms with E-state index in [0.717, 1.165) is 18.4 Å². The van der Waals surface area contributed by atoms with Crippen molar-refractivity contribution in [3.8, 4) is 0 Å². The fraction of sp³-hybridized carbons (Fsp3) is 0.731. The van der Waals surface area contributed by atoms with Gasteiger partial charge < -0.3 is 5.11 Å². The van der Waals surface area contributed by atoms with Crippen LogP contribution in [0.1, 0.15) is 114 Å². The van der Waals surface area contributed by atoms with E-state index in [1.807, 2.05) is 12.1 Å². The number of hydrogen-bond donors (Lipinski definition) is 1. The minimum absolute atomic E-state index is 0.237. The summed E-state index contributed by atoms with van der Waals surface area (Å²) in [6, 6.07) is 8.25. The average Bonchev–Trinajstić information content (AvgIpc) is 2.67. The molecule has 1 N–H and O–H groups in total. The van der Waals surface area contributed by atoms with Gasteiger partial charge in [-0.1, -0.05) is 127 Å². The van der Waals surface area contributed by atoms with Gasteiger partial charge in [-0.25, -0.2) is 0 Å². The second kappa shape index (κ2) is 16.6. The van der Waals surface area contributed by atoms with Gasteiger partial charge in [0.05, 0.1) is 5.92 Å². The van der Waals surface area contributed by atoms with Crippen LogP contribution >= 0.6 is 0 Å². The Morgan fingerprint density at radius 3 is 1.79 bits per heavy atom. The number of unbranched alkanes of at least 4 members (excludes halogenated alkanes) is 13. The van der Waals surface area contributed by atoms with Crippen molar-refractivity contribution in [3.05, 3.63) is 35.4 Å². The molecule has 0 aliphatic heterocycles. The van der Waals surface area contributed by atoms with E-state index in [1.165, 1.54) is 89.0 Å². The third-order valence-corrected chi connectivity index (χ3v) is 5.82. The highest BCUT2D eigenvalue weighted by Gasteiger charge is 2.17. The minimum Gasteiger partial charge on any atom is -0.481 e. The van der Waals surface area contributed by atoms with Crippen LogP contribution in [0.15, 0.2) is 24.3 Å². The standard InChI is InChI=1S/C26H44O2/c1-3-4-5-6-7-8-9-10-11-12-13-14-15-16-20-25(26(27)28)22-24-19-17-18-23(2)21-24/h17-19,21,25H,3-16,20,22H2,1-2H3,(H,27,28). The zero-order valence-electron chi connectivity index (χ0n) is 18.6. The van der Waals surface area contributed by atoms with Crippen LogP contribution in [0.2, 0.25) is 0 Å². The topological polar surface area (TPSA) is 37.3 Å². The van der Waals surface area contributed by atoms with Gasteiger partial charge in [-0.3, -0.25) is 4.79 Å². The second-order valence-electron chi connectivity index (χ2n) is 8.61. The Morgan fingerprint density at radius 2 is 1.32 bits per heavy atom. The third-order valence-electron chi connectivity index (χ3n) is 5.82. The summed E-state index contributed by atoms with van der Waals surface area (Å²) >= 11 is 0. The third kappa shape index (κ3) is 13.0. The maximum absolute atomic E-state index is 11.6. The molecule has 0 aliphatic rings. The lowest BCUT2D eigenvalue weighted by atomic mass is 9.93. The fourth-order valence-corrected chi connectivity index (χ4v) is 4.02. The van der Waals surface area contributed by atoms with E-state index in [4.69, 9.17) is 0 Å². The van der Waals surface area contributed by atoms with E-state index < -0.39 is 5.97 Å². The molecule has 160 valence electrons. The van der Waals surface area contributed by atoms with Gasteiger partial charge in [-0.05, 0) is 25.3 Å². The normalized spacial score (nSPS) is 12.2. The molecule has 1 aromatic carbocycles. The predicted molar refractivity (Wildman–Crippen MR) is 121 cm³/mol. The zero-order chi connectivity index (χ0) is 20.5. The summed E-state index contributed by atoms with van der Waals surface area (Å²) in [6.45, 7) is 4.34. The number of rotatable bonds is 18. The highest BCUT2D eigenvalue weighted by Crippen LogP contribution is 2.19. The molecular weight excluding hydrogens is 344 g/mol. The van der Waals surface area contributed by atoms with E-state index in [0.29, 0.717) is 6.42 Å². The van der Waals surface area contributed by atoms with Crippen LogP contribution in [0.3, 0.4) is 0 Å². The maximum Gasteiger partial charge on any atom is 0.306 e. The van der Waals surface area contributed by atoms with Gasteiger partial charge in [0.2, 0.25) is 0 Å². The molecule has 0 aliphatic carbocycles. The predicted octanol–water partition coefficient (Wildman–Crippen LogP) is 8.11. The lowest BCUT2D eigenvalue weighted by Crippen LogP contribution is -2.16. The molecule has 2 nitrogen and oxygen atoms in total. The van der Waals surface area contributed by atoms with Crippen molar-refractivity contribution in [1.82, 2.24) is 0 Å². The SMILES string of the molecule is CCCCCCCCCCCCCCCCC(Cc1cccc(C)c1)C(=O)O. The number of carboxylic acid groups (broad SMARTS) is 1. The number of hydrogen-bond acceptors (Lipinski definition) is 1. The molecule has 0 aromatic heterocycles. The summed E-state index contributed by atoms with van der Waals surface area (Å²) in [6.07, 6.45) is 20.2. The van der Waals surface area contributed by atoms with Crippen molar-refractivity contribution in [2.75, 3.05) is 0 Å². The van der Waals surface area contributed by atoms with E-state index >= 15 is 0 Å². The fourth-order valence-electron chi connectivity index (χ4n) is 4.02. The summed E-state index contributed by atoms with van der Waals surface area (Å²) in [5, 5.41) is 9.51. The Morgan fingerprint density at radius 1 is 0.821 bits per heavy atom. The van der Waals surface area contributed by atoms with Crippen molar-refractivity contribution in [2.45, 2.75) is 117 Å². The highest BCUT2D eigenvalue weighted by molar-refractivity contribution is 5.70. The first-order chi connectivity index (χ1) is 13.6. The first kappa shape index (κ1) is 24.7. The Kier molecular flexibility index (Phi) is 14.7. The molecule has 1 atom stereocenters. The zero-order valence-corrected chi connectivity index (χ0v) is 18.6. The average molecular weight is 389 g/mol. The van der Waals surface area contributed by atoms with E-state index in [1.54, 1.807) is 0 Å². The van der Waals surface area contributed by atoms with E-state index in [-0.39, 0.29) is 5.92 Å². The first-order valence-corrected chi connectivity index (χ1v) is 11.9. The van der Waals surface area contributed by atoms with Crippen molar-refractivity contribution in [2.24, 2.45) is 5.92 Å².